The van der Waals surface area contributed by atoms with Crippen molar-refractivity contribution in [2.75, 3.05) is 44.1 Å². The van der Waals surface area contributed by atoms with Crippen molar-refractivity contribution in [1.82, 2.24) is 9.88 Å². The molecule has 31 heavy (non-hydrogen) atoms. The van der Waals surface area contributed by atoms with E-state index in [9.17, 15) is 4.79 Å². The molecule has 1 fully saturated rings. The monoisotopic (exact) mass is 446 g/mol. The number of H-pyrrole nitrogens is 1. The van der Waals surface area contributed by atoms with Crippen LogP contribution in [0.15, 0.2) is 64.7 Å². The molecule has 2 aromatic carbocycles. The van der Waals surface area contributed by atoms with Gasteiger partial charge in [-0.1, -0.05) is 6.07 Å². The van der Waals surface area contributed by atoms with Gasteiger partial charge < -0.3 is 14.6 Å². The van der Waals surface area contributed by atoms with Crippen LogP contribution in [-0.4, -0.2) is 49.1 Å². The van der Waals surface area contributed by atoms with Crippen molar-refractivity contribution >= 4 is 38.0 Å². The Morgan fingerprint density at radius 2 is 1.97 bits per heavy atom. The lowest BCUT2D eigenvalue weighted by molar-refractivity contribution is 0.239. The maximum absolute atomic E-state index is 12.1. The molecule has 1 N–H and O–H groups in total. The SMILES string of the molecule is [2H]c1c(OC([2H])([2H])C([2H])([2H])C([2H])([2H])C([2H])([2H])N2CCN(c3cccc4sccc34)CC2)c([2H])c2[nH]c(=O)c([2H])c([2H])c2c1[2H]. The van der Waals surface area contributed by atoms with Crippen LogP contribution in [0, 0.1) is 0 Å². The normalized spacial score (nSPS) is 23.0. The molecule has 0 atom stereocenters. The number of aromatic amines is 1. The summed E-state index contributed by atoms with van der Waals surface area (Å²) in [5, 5.41) is 2.55. The highest BCUT2D eigenvalue weighted by molar-refractivity contribution is 7.17. The maximum atomic E-state index is 12.1. The van der Waals surface area contributed by atoms with Crippen LogP contribution in [0.3, 0.4) is 0 Å². The van der Waals surface area contributed by atoms with Crippen molar-refractivity contribution < 1.29 is 22.6 Å². The maximum Gasteiger partial charge on any atom is 0.248 e. The second kappa shape index (κ2) is 9.12. The summed E-state index contributed by atoms with van der Waals surface area (Å²) in [4.78, 5) is 17.3. The first-order valence-electron chi connectivity index (χ1n) is 16.1. The molecule has 5 rings (SSSR count). The van der Waals surface area contributed by atoms with Crippen molar-refractivity contribution in [3.05, 3.63) is 70.2 Å². The van der Waals surface area contributed by atoms with Crippen LogP contribution in [0.4, 0.5) is 5.69 Å². The van der Waals surface area contributed by atoms with Gasteiger partial charge in [-0.15, -0.1) is 11.3 Å². The highest BCUT2D eigenvalue weighted by Crippen LogP contribution is 2.31. The van der Waals surface area contributed by atoms with E-state index in [0.29, 0.717) is 13.1 Å². The highest BCUT2D eigenvalue weighted by atomic mass is 32.1. The lowest BCUT2D eigenvalue weighted by Crippen LogP contribution is -2.46. The number of piperazine rings is 1. The minimum absolute atomic E-state index is 0.00556. The summed E-state index contributed by atoms with van der Waals surface area (Å²) in [6.45, 7) is -6.18. The number of benzene rings is 2. The van der Waals surface area contributed by atoms with E-state index in [1.54, 1.807) is 11.3 Å². The summed E-state index contributed by atoms with van der Waals surface area (Å²) in [6.07, 6.45) is -7.30. The van der Waals surface area contributed by atoms with Crippen molar-refractivity contribution in [2.24, 2.45) is 0 Å². The summed E-state index contributed by atoms with van der Waals surface area (Å²) in [6, 6.07) is 3.62. The Balaban J connectivity index is 1.43. The third kappa shape index (κ3) is 4.60. The van der Waals surface area contributed by atoms with E-state index in [1.165, 1.54) is 0 Å². The van der Waals surface area contributed by atoms with Gasteiger partial charge in [0.25, 0.3) is 0 Å². The molecule has 0 aliphatic carbocycles. The molecule has 5 nitrogen and oxygen atoms in total. The zero-order chi connectivity index (χ0) is 32.6. The molecular weight excluding hydrogens is 406 g/mol. The van der Waals surface area contributed by atoms with E-state index in [4.69, 9.17) is 22.6 Å². The Hall–Kier alpha value is -2.83. The van der Waals surface area contributed by atoms with E-state index in [0.717, 1.165) is 20.7 Å². The first-order valence-corrected chi connectivity index (χ1v) is 10.5. The molecule has 1 aliphatic heterocycles. The number of hydrogen-bond acceptors (Lipinski definition) is 5. The van der Waals surface area contributed by atoms with Gasteiger partial charge in [-0.2, -0.15) is 0 Å². The van der Waals surface area contributed by atoms with Gasteiger partial charge in [-0.25, -0.2) is 0 Å². The second-order valence-electron chi connectivity index (χ2n) is 6.81. The number of pyridine rings is 1. The predicted molar refractivity (Wildman–Crippen MR) is 130 cm³/mol. The minimum Gasteiger partial charge on any atom is -0.494 e. The van der Waals surface area contributed by atoms with Gasteiger partial charge in [0, 0.05) is 62.3 Å². The van der Waals surface area contributed by atoms with E-state index < -0.39 is 78.2 Å². The van der Waals surface area contributed by atoms with Crippen LogP contribution >= 0.6 is 11.3 Å². The van der Waals surface area contributed by atoms with Gasteiger partial charge in [0.05, 0.1) is 21.7 Å². The summed E-state index contributed by atoms with van der Waals surface area (Å²) < 4.78 is 115. The Labute approximate surface area is 204 Å². The average Bonchev–Trinajstić information content (AvgIpc) is 3.46. The van der Waals surface area contributed by atoms with Gasteiger partial charge in [0.1, 0.15) is 5.75 Å². The first-order chi connectivity index (χ1) is 20.3. The first kappa shape index (κ1) is 10.2. The summed E-state index contributed by atoms with van der Waals surface area (Å²) in [5.41, 5.74) is -0.668. The third-order valence-corrected chi connectivity index (χ3v) is 5.79. The molecule has 160 valence electrons. The van der Waals surface area contributed by atoms with E-state index >= 15 is 0 Å². The molecule has 2 aromatic heterocycles. The standard InChI is InChI=1S/C25H27N3O2S/c29-25-9-7-19-6-8-20(18-22(19)26-25)30-16-2-1-11-27-12-14-28(15-13-27)23-4-3-5-24-21(23)10-17-31-24/h3-10,17-18H,1-2,11-16H2,(H,26,29)/i1D2,2D2,6D,7D,8D,9D,11D2,16D2,18D. The summed E-state index contributed by atoms with van der Waals surface area (Å²) in [7, 11) is 0. The van der Waals surface area contributed by atoms with E-state index in [-0.39, 0.29) is 13.1 Å². The van der Waals surface area contributed by atoms with E-state index in [2.05, 4.69) is 4.98 Å². The van der Waals surface area contributed by atoms with Gasteiger partial charge in [-0.3, -0.25) is 9.69 Å². The van der Waals surface area contributed by atoms with Gasteiger partial charge in [0.15, 0.2) is 0 Å². The van der Waals surface area contributed by atoms with Crippen LogP contribution < -0.4 is 15.2 Å². The van der Waals surface area contributed by atoms with Gasteiger partial charge in [-0.05, 0) is 66.3 Å². The zero-order valence-corrected chi connectivity index (χ0v) is 17.2. The van der Waals surface area contributed by atoms with Crippen molar-refractivity contribution in [1.29, 1.82) is 0 Å². The zero-order valence-electron chi connectivity index (χ0n) is 29.3. The number of nitrogens with one attached hydrogen (secondary N) is 1. The second-order valence-corrected chi connectivity index (χ2v) is 7.76. The van der Waals surface area contributed by atoms with Gasteiger partial charge >= 0.3 is 0 Å². The number of rotatable bonds is 7. The Bertz CT molecular complexity index is 1820. The summed E-state index contributed by atoms with van der Waals surface area (Å²) >= 11 is 1.58. The quantitative estimate of drug-likeness (QED) is 0.446. The van der Waals surface area contributed by atoms with Crippen molar-refractivity contribution in [3.63, 3.8) is 0 Å². The lowest BCUT2D eigenvalue weighted by Gasteiger charge is -2.36. The Kier molecular flexibility index (Phi) is 3.00. The predicted octanol–water partition coefficient (Wildman–Crippen LogP) is 4.72. The molecule has 1 aliphatic rings. The largest absolute Gasteiger partial charge is 0.494 e. The number of thiophene rings is 1. The van der Waals surface area contributed by atoms with Crippen LogP contribution in [0.2, 0.25) is 0 Å². The molecule has 0 unspecified atom stereocenters. The molecule has 0 saturated carbocycles. The molecule has 4 aromatic rings. The molecule has 6 heteroatoms. The number of anilines is 1. The van der Waals surface area contributed by atoms with Crippen molar-refractivity contribution in [3.8, 4) is 5.75 Å². The molecule has 0 bridgehead atoms. The fourth-order valence-electron chi connectivity index (χ4n) is 3.41. The van der Waals surface area contributed by atoms with Crippen LogP contribution in [0.1, 0.15) is 30.6 Å². The fourth-order valence-corrected chi connectivity index (χ4v) is 4.22. The average molecular weight is 447 g/mol. The van der Waals surface area contributed by atoms with E-state index in [1.807, 2.05) is 34.5 Å². The number of ether oxygens (including phenoxy) is 1. The van der Waals surface area contributed by atoms with Gasteiger partial charge in [0.2, 0.25) is 5.56 Å². The molecular formula is C25H27N3O2S. The minimum atomic E-state index is -3.74. The third-order valence-electron chi connectivity index (χ3n) is 4.90. The lowest BCUT2D eigenvalue weighted by atomic mass is 10.2. The topological polar surface area (TPSA) is 48.6 Å². The Morgan fingerprint density at radius 1 is 1.10 bits per heavy atom. The molecule has 3 heterocycles. The molecule has 0 amide bonds. The number of hydrogen-bond donors (Lipinski definition) is 1. The summed E-state index contributed by atoms with van der Waals surface area (Å²) in [5.74, 6) is -1.02. The van der Waals surface area contributed by atoms with Crippen LogP contribution in [0.5, 0.6) is 5.75 Å². The van der Waals surface area contributed by atoms with Crippen LogP contribution in [-0.2, 0) is 0 Å². The smallest absolute Gasteiger partial charge is 0.248 e. The molecule has 1 saturated heterocycles. The number of nitrogens with zero attached hydrogens (tertiary/aromatic N) is 2. The van der Waals surface area contributed by atoms with Crippen molar-refractivity contribution in [2.45, 2.75) is 12.7 Å². The fraction of sp³-hybridized carbons (Fsp3) is 0.320. The van der Waals surface area contributed by atoms with Crippen LogP contribution in [0.25, 0.3) is 21.0 Å². The number of aromatic nitrogens is 1. The molecule has 0 spiro atoms. The highest BCUT2D eigenvalue weighted by Gasteiger charge is 2.18. The Morgan fingerprint density at radius 3 is 2.87 bits per heavy atom. The number of fused-ring (bicyclic) bond motifs is 2. The molecule has 0 radical (unpaired) electrons.